The number of rotatable bonds is 4. The Morgan fingerprint density at radius 2 is 1.96 bits per heavy atom. The van der Waals surface area contributed by atoms with Crippen molar-refractivity contribution in [2.45, 2.75) is 19.4 Å². The van der Waals surface area contributed by atoms with Crippen molar-refractivity contribution in [1.82, 2.24) is 9.88 Å². The molecule has 1 saturated heterocycles. The second-order valence-electron chi connectivity index (χ2n) is 6.07. The third-order valence-electron chi connectivity index (χ3n) is 4.34. The molecule has 1 aliphatic rings. The highest BCUT2D eigenvalue weighted by Gasteiger charge is 2.27. The molecule has 1 aromatic carbocycles. The minimum absolute atomic E-state index is 0.0510. The molecule has 1 amide bonds. The van der Waals surface area contributed by atoms with Crippen molar-refractivity contribution in [3.8, 4) is 0 Å². The van der Waals surface area contributed by atoms with Gasteiger partial charge in [-0.05, 0) is 37.6 Å². The van der Waals surface area contributed by atoms with Crippen molar-refractivity contribution in [2.75, 3.05) is 25.5 Å². The molecule has 3 rings (SSSR count). The fraction of sp³-hybridized carbons (Fsp3) is 0.316. The standard InChI is InChI=1S/C19H21N3O3/c1-13-16(19(24)25-2)8-9-17(20-13)21-15-10-11-22(12-15)18(23)14-6-4-3-5-7-14/h3-9,15H,10-12H2,1-2H3,(H,20,21). The first kappa shape index (κ1) is 17.0. The van der Waals surface area contributed by atoms with Crippen molar-refractivity contribution in [3.63, 3.8) is 0 Å². The topological polar surface area (TPSA) is 71.5 Å². The van der Waals surface area contributed by atoms with Crippen LogP contribution >= 0.6 is 0 Å². The number of aromatic nitrogens is 1. The van der Waals surface area contributed by atoms with Gasteiger partial charge in [0, 0.05) is 24.7 Å². The van der Waals surface area contributed by atoms with Crippen molar-refractivity contribution in [3.05, 3.63) is 59.3 Å². The van der Waals surface area contributed by atoms with E-state index in [1.54, 1.807) is 19.1 Å². The van der Waals surface area contributed by atoms with E-state index in [4.69, 9.17) is 4.74 Å². The first-order valence-electron chi connectivity index (χ1n) is 8.25. The van der Waals surface area contributed by atoms with Crippen LogP contribution < -0.4 is 5.32 Å². The van der Waals surface area contributed by atoms with E-state index in [9.17, 15) is 9.59 Å². The zero-order valence-corrected chi connectivity index (χ0v) is 14.4. The summed E-state index contributed by atoms with van der Waals surface area (Å²) in [6.45, 7) is 3.12. The van der Waals surface area contributed by atoms with E-state index in [1.165, 1.54) is 7.11 Å². The number of methoxy groups -OCH3 is 1. The third kappa shape index (κ3) is 3.79. The molecule has 130 valence electrons. The van der Waals surface area contributed by atoms with Gasteiger partial charge in [-0.2, -0.15) is 0 Å². The van der Waals surface area contributed by atoms with Gasteiger partial charge in [0.1, 0.15) is 5.82 Å². The first-order valence-corrected chi connectivity index (χ1v) is 8.25. The van der Waals surface area contributed by atoms with Gasteiger partial charge in [-0.1, -0.05) is 18.2 Å². The summed E-state index contributed by atoms with van der Waals surface area (Å²) in [5.74, 6) is 0.358. The summed E-state index contributed by atoms with van der Waals surface area (Å²) in [6, 6.07) is 12.9. The molecule has 0 saturated carbocycles. The lowest BCUT2D eigenvalue weighted by Gasteiger charge is -2.18. The van der Waals surface area contributed by atoms with Crippen molar-refractivity contribution in [1.29, 1.82) is 0 Å². The molecule has 0 radical (unpaired) electrons. The smallest absolute Gasteiger partial charge is 0.339 e. The number of aryl methyl sites for hydroxylation is 1. The van der Waals surface area contributed by atoms with E-state index < -0.39 is 5.97 Å². The number of anilines is 1. The maximum absolute atomic E-state index is 12.5. The second kappa shape index (κ2) is 7.34. The predicted octanol–water partition coefficient (Wildman–Crippen LogP) is 2.50. The van der Waals surface area contributed by atoms with Gasteiger partial charge in [0.05, 0.1) is 18.4 Å². The molecule has 1 aromatic heterocycles. The number of ether oxygens (including phenoxy) is 1. The van der Waals surface area contributed by atoms with Crippen LogP contribution in [0.15, 0.2) is 42.5 Å². The highest BCUT2D eigenvalue weighted by atomic mass is 16.5. The highest BCUT2D eigenvalue weighted by molar-refractivity contribution is 5.94. The van der Waals surface area contributed by atoms with E-state index >= 15 is 0 Å². The van der Waals surface area contributed by atoms with E-state index in [-0.39, 0.29) is 11.9 Å². The van der Waals surface area contributed by atoms with Crippen LogP contribution in [0.3, 0.4) is 0 Å². The summed E-state index contributed by atoms with van der Waals surface area (Å²) >= 11 is 0. The molecule has 0 bridgehead atoms. The number of carbonyl (C=O) groups excluding carboxylic acids is 2. The minimum Gasteiger partial charge on any atom is -0.465 e. The summed E-state index contributed by atoms with van der Waals surface area (Å²) in [6.07, 6.45) is 0.859. The Kier molecular flexibility index (Phi) is 4.97. The molecule has 1 N–H and O–H groups in total. The Morgan fingerprint density at radius 3 is 2.64 bits per heavy atom. The van der Waals surface area contributed by atoms with E-state index in [2.05, 4.69) is 10.3 Å². The predicted molar refractivity (Wildman–Crippen MR) is 94.7 cm³/mol. The van der Waals surface area contributed by atoms with Crippen LogP contribution in [0.4, 0.5) is 5.82 Å². The van der Waals surface area contributed by atoms with Crippen LogP contribution in [0.5, 0.6) is 0 Å². The summed E-state index contributed by atoms with van der Waals surface area (Å²) in [4.78, 5) is 30.4. The largest absolute Gasteiger partial charge is 0.465 e. The van der Waals surface area contributed by atoms with Gasteiger partial charge in [-0.15, -0.1) is 0 Å². The lowest BCUT2D eigenvalue weighted by molar-refractivity contribution is 0.0599. The number of hydrogen-bond acceptors (Lipinski definition) is 5. The van der Waals surface area contributed by atoms with Gasteiger partial charge in [-0.25, -0.2) is 9.78 Å². The Labute approximate surface area is 146 Å². The number of nitrogens with one attached hydrogen (secondary N) is 1. The molecule has 1 fully saturated rings. The average Bonchev–Trinajstić information content (AvgIpc) is 3.10. The first-order chi connectivity index (χ1) is 12.1. The van der Waals surface area contributed by atoms with Crippen molar-refractivity contribution in [2.24, 2.45) is 0 Å². The van der Waals surface area contributed by atoms with Crippen LogP contribution in [-0.2, 0) is 4.74 Å². The maximum Gasteiger partial charge on any atom is 0.339 e. The number of hydrogen-bond donors (Lipinski definition) is 1. The Balaban J connectivity index is 1.63. The molecular formula is C19H21N3O3. The molecule has 2 heterocycles. The van der Waals surface area contributed by atoms with Gasteiger partial charge >= 0.3 is 5.97 Å². The third-order valence-corrected chi connectivity index (χ3v) is 4.34. The quantitative estimate of drug-likeness (QED) is 0.867. The number of nitrogens with zero attached hydrogens (tertiary/aromatic N) is 2. The van der Waals surface area contributed by atoms with Crippen LogP contribution in [-0.4, -0.2) is 48.0 Å². The molecule has 1 unspecified atom stereocenters. The SMILES string of the molecule is COC(=O)c1ccc(NC2CCN(C(=O)c3ccccc3)C2)nc1C. The summed E-state index contributed by atoms with van der Waals surface area (Å²) < 4.78 is 4.73. The molecule has 1 aliphatic heterocycles. The molecule has 2 aromatic rings. The van der Waals surface area contributed by atoms with Crippen molar-refractivity contribution >= 4 is 17.7 Å². The van der Waals surface area contributed by atoms with Crippen molar-refractivity contribution < 1.29 is 14.3 Å². The monoisotopic (exact) mass is 339 g/mol. The molecule has 25 heavy (non-hydrogen) atoms. The van der Waals surface area contributed by atoms with E-state index in [0.717, 1.165) is 6.42 Å². The van der Waals surface area contributed by atoms with Crippen LogP contribution in [0.1, 0.15) is 32.8 Å². The van der Waals surface area contributed by atoms with E-state index in [0.29, 0.717) is 35.7 Å². The lowest BCUT2D eigenvalue weighted by Crippen LogP contribution is -2.31. The lowest BCUT2D eigenvalue weighted by atomic mass is 10.2. The van der Waals surface area contributed by atoms with Crippen LogP contribution in [0.2, 0.25) is 0 Å². The highest BCUT2D eigenvalue weighted by Crippen LogP contribution is 2.18. The van der Waals surface area contributed by atoms with Crippen LogP contribution in [0.25, 0.3) is 0 Å². The van der Waals surface area contributed by atoms with Crippen LogP contribution in [0, 0.1) is 6.92 Å². The van der Waals surface area contributed by atoms with Gasteiger partial charge in [0.15, 0.2) is 0 Å². The number of carbonyl (C=O) groups is 2. The average molecular weight is 339 g/mol. The molecule has 6 heteroatoms. The minimum atomic E-state index is -0.392. The molecule has 0 aliphatic carbocycles. The number of benzene rings is 1. The van der Waals surface area contributed by atoms with Gasteiger partial charge in [0.25, 0.3) is 5.91 Å². The zero-order chi connectivity index (χ0) is 17.8. The maximum atomic E-state index is 12.5. The Bertz CT molecular complexity index is 777. The summed E-state index contributed by atoms with van der Waals surface area (Å²) in [5.41, 5.74) is 1.78. The van der Waals surface area contributed by atoms with Gasteiger partial charge in [0.2, 0.25) is 0 Å². The number of amides is 1. The van der Waals surface area contributed by atoms with Gasteiger partial charge in [-0.3, -0.25) is 4.79 Å². The normalized spacial score (nSPS) is 16.6. The Hall–Kier alpha value is -2.89. The van der Waals surface area contributed by atoms with E-state index in [1.807, 2.05) is 35.2 Å². The fourth-order valence-corrected chi connectivity index (χ4v) is 3.00. The zero-order valence-electron chi connectivity index (χ0n) is 14.4. The second-order valence-corrected chi connectivity index (χ2v) is 6.07. The van der Waals surface area contributed by atoms with Gasteiger partial charge < -0.3 is 15.0 Å². The summed E-state index contributed by atoms with van der Waals surface area (Å²) in [7, 11) is 1.35. The summed E-state index contributed by atoms with van der Waals surface area (Å²) in [5, 5.41) is 3.35. The number of pyridine rings is 1. The molecule has 1 atom stereocenters. The number of esters is 1. The molecule has 6 nitrogen and oxygen atoms in total. The number of likely N-dealkylation sites (tertiary alicyclic amines) is 1. The molecular weight excluding hydrogens is 318 g/mol. The molecule has 0 spiro atoms. The Morgan fingerprint density at radius 1 is 1.20 bits per heavy atom. The fourth-order valence-electron chi connectivity index (χ4n) is 3.00.